The van der Waals surface area contributed by atoms with E-state index in [0.29, 0.717) is 4.75 Å². The molecule has 2 rings (SSSR count). The van der Waals surface area contributed by atoms with Crippen LogP contribution in [0.1, 0.15) is 32.1 Å². The van der Waals surface area contributed by atoms with Crippen LogP contribution in [0.4, 0.5) is 4.39 Å². The molecule has 58 valence electrons. The fourth-order valence-corrected chi connectivity index (χ4v) is 3.65. The molecule has 0 unspecified atom stereocenters. The molecule has 1 aliphatic carbocycles. The number of hydrogen-bond acceptors (Lipinski definition) is 1. The van der Waals surface area contributed by atoms with E-state index in [1.165, 1.54) is 25.0 Å². The van der Waals surface area contributed by atoms with Gasteiger partial charge in [0.1, 0.15) is 6.17 Å². The van der Waals surface area contributed by atoms with Crippen LogP contribution in [0, 0.1) is 0 Å². The van der Waals surface area contributed by atoms with Crippen LogP contribution in [0.25, 0.3) is 0 Å². The Bertz CT molecular complexity index is 114. The standard InChI is InChI=1S/C8H13FS/c9-7-5-8(6-7)3-1-2-4-10-8/h7H,1-6H2. The smallest absolute Gasteiger partial charge is 0.103 e. The quantitative estimate of drug-likeness (QED) is 0.525. The number of thioether (sulfide) groups is 1. The Hall–Kier alpha value is 0.280. The van der Waals surface area contributed by atoms with Gasteiger partial charge in [0.2, 0.25) is 0 Å². The Balaban J connectivity index is 1.90. The van der Waals surface area contributed by atoms with Crippen molar-refractivity contribution in [3.8, 4) is 0 Å². The number of halogens is 1. The molecule has 10 heavy (non-hydrogen) atoms. The minimum Gasteiger partial charge on any atom is -0.247 e. The lowest BCUT2D eigenvalue weighted by Crippen LogP contribution is -2.43. The average molecular weight is 160 g/mol. The third-order valence-corrected chi connectivity index (χ3v) is 4.26. The third-order valence-electron chi connectivity index (χ3n) is 2.62. The highest BCUT2D eigenvalue weighted by molar-refractivity contribution is 8.00. The minimum absolute atomic E-state index is 0.414. The van der Waals surface area contributed by atoms with Gasteiger partial charge in [-0.1, -0.05) is 6.42 Å². The van der Waals surface area contributed by atoms with Crippen LogP contribution < -0.4 is 0 Å². The van der Waals surface area contributed by atoms with Gasteiger partial charge < -0.3 is 0 Å². The first-order valence-corrected chi connectivity index (χ1v) is 5.07. The van der Waals surface area contributed by atoms with Crippen molar-refractivity contribution in [3.05, 3.63) is 0 Å². The minimum atomic E-state index is -0.467. The van der Waals surface area contributed by atoms with Crippen LogP contribution in [0.3, 0.4) is 0 Å². The van der Waals surface area contributed by atoms with Crippen LogP contribution in [0.5, 0.6) is 0 Å². The molecule has 2 heteroatoms. The Labute approximate surface area is 65.6 Å². The zero-order valence-electron chi connectivity index (χ0n) is 6.11. The molecule has 1 aliphatic heterocycles. The lowest BCUT2D eigenvalue weighted by atomic mass is 9.78. The second-order valence-electron chi connectivity index (χ2n) is 3.49. The number of alkyl halides is 1. The number of rotatable bonds is 0. The summed E-state index contributed by atoms with van der Waals surface area (Å²) >= 11 is 2.02. The summed E-state index contributed by atoms with van der Waals surface area (Å²) in [4.78, 5) is 0. The summed E-state index contributed by atoms with van der Waals surface area (Å²) < 4.78 is 12.9. The molecule has 1 heterocycles. The molecule has 0 N–H and O–H groups in total. The normalized spacial score (nSPS) is 47.1. The summed E-state index contributed by atoms with van der Waals surface area (Å²) in [5.41, 5.74) is 0. The van der Waals surface area contributed by atoms with E-state index in [9.17, 15) is 4.39 Å². The maximum atomic E-state index is 12.5. The van der Waals surface area contributed by atoms with Gasteiger partial charge in [-0.3, -0.25) is 0 Å². The predicted octanol–water partition coefficient (Wildman–Crippen LogP) is 2.77. The molecular formula is C8H13FS. The Kier molecular flexibility index (Phi) is 1.67. The summed E-state index contributed by atoms with van der Waals surface area (Å²) in [6.45, 7) is 0. The molecule has 0 nitrogen and oxygen atoms in total. The van der Waals surface area contributed by atoms with Crippen molar-refractivity contribution in [2.75, 3.05) is 5.75 Å². The van der Waals surface area contributed by atoms with Crippen LogP contribution in [0.15, 0.2) is 0 Å². The van der Waals surface area contributed by atoms with E-state index < -0.39 is 6.17 Å². The molecule has 2 aliphatic rings. The first-order valence-electron chi connectivity index (χ1n) is 4.09. The molecule has 0 radical (unpaired) electrons. The molecule has 1 saturated carbocycles. The first kappa shape index (κ1) is 6.96. The van der Waals surface area contributed by atoms with Gasteiger partial charge in [0, 0.05) is 4.75 Å². The Morgan fingerprint density at radius 1 is 1.30 bits per heavy atom. The van der Waals surface area contributed by atoms with E-state index in [0.717, 1.165) is 12.8 Å². The van der Waals surface area contributed by atoms with Gasteiger partial charge in [0.25, 0.3) is 0 Å². The van der Waals surface area contributed by atoms with Crippen molar-refractivity contribution in [2.45, 2.75) is 43.0 Å². The second-order valence-corrected chi connectivity index (χ2v) is 5.06. The summed E-state index contributed by atoms with van der Waals surface area (Å²) in [6.07, 6.45) is 5.18. The molecule has 0 aromatic carbocycles. The van der Waals surface area contributed by atoms with E-state index in [1.54, 1.807) is 0 Å². The van der Waals surface area contributed by atoms with Gasteiger partial charge in [-0.05, 0) is 31.4 Å². The van der Waals surface area contributed by atoms with Crippen LogP contribution in [0.2, 0.25) is 0 Å². The Morgan fingerprint density at radius 2 is 2.10 bits per heavy atom. The molecule has 0 bridgehead atoms. The fourth-order valence-electron chi connectivity index (χ4n) is 1.98. The summed E-state index contributed by atoms with van der Waals surface area (Å²) in [5, 5.41) is 0. The summed E-state index contributed by atoms with van der Waals surface area (Å²) in [7, 11) is 0. The van der Waals surface area contributed by atoms with Crippen molar-refractivity contribution in [1.29, 1.82) is 0 Å². The van der Waals surface area contributed by atoms with Gasteiger partial charge in [-0.15, -0.1) is 0 Å². The molecule has 0 aromatic heterocycles. The van der Waals surface area contributed by atoms with E-state index in [1.807, 2.05) is 11.8 Å². The van der Waals surface area contributed by atoms with Gasteiger partial charge in [-0.2, -0.15) is 11.8 Å². The molecule has 0 atom stereocenters. The molecule has 0 aromatic rings. The third kappa shape index (κ3) is 1.07. The van der Waals surface area contributed by atoms with Crippen molar-refractivity contribution >= 4 is 11.8 Å². The molecule has 1 spiro atoms. The SMILES string of the molecule is FC1CC2(CCCCS2)C1. The highest BCUT2D eigenvalue weighted by atomic mass is 32.2. The summed E-state index contributed by atoms with van der Waals surface area (Å²) in [6, 6.07) is 0. The molecular weight excluding hydrogens is 147 g/mol. The predicted molar refractivity (Wildman–Crippen MR) is 43.2 cm³/mol. The molecule has 2 fully saturated rings. The first-order chi connectivity index (χ1) is 4.81. The monoisotopic (exact) mass is 160 g/mol. The zero-order chi connectivity index (χ0) is 7.03. The zero-order valence-corrected chi connectivity index (χ0v) is 6.92. The van der Waals surface area contributed by atoms with Crippen molar-refractivity contribution in [2.24, 2.45) is 0 Å². The van der Waals surface area contributed by atoms with Crippen molar-refractivity contribution in [1.82, 2.24) is 0 Å². The highest BCUT2D eigenvalue weighted by Gasteiger charge is 2.45. The van der Waals surface area contributed by atoms with Gasteiger partial charge in [0.15, 0.2) is 0 Å². The highest BCUT2D eigenvalue weighted by Crippen LogP contribution is 2.51. The van der Waals surface area contributed by atoms with Crippen LogP contribution in [-0.4, -0.2) is 16.7 Å². The fraction of sp³-hybridized carbons (Fsp3) is 1.00. The van der Waals surface area contributed by atoms with E-state index >= 15 is 0 Å². The van der Waals surface area contributed by atoms with Crippen molar-refractivity contribution in [3.63, 3.8) is 0 Å². The van der Waals surface area contributed by atoms with Gasteiger partial charge >= 0.3 is 0 Å². The van der Waals surface area contributed by atoms with Crippen LogP contribution in [-0.2, 0) is 0 Å². The van der Waals surface area contributed by atoms with E-state index in [4.69, 9.17) is 0 Å². The maximum Gasteiger partial charge on any atom is 0.103 e. The van der Waals surface area contributed by atoms with Crippen molar-refractivity contribution < 1.29 is 4.39 Å². The largest absolute Gasteiger partial charge is 0.247 e. The lowest BCUT2D eigenvalue weighted by Gasteiger charge is -2.46. The Morgan fingerprint density at radius 3 is 2.60 bits per heavy atom. The van der Waals surface area contributed by atoms with Gasteiger partial charge in [0.05, 0.1) is 0 Å². The van der Waals surface area contributed by atoms with E-state index in [-0.39, 0.29) is 0 Å². The second kappa shape index (κ2) is 2.40. The summed E-state index contributed by atoms with van der Waals surface area (Å²) in [5.74, 6) is 1.27. The average Bonchev–Trinajstić information content (AvgIpc) is 1.87. The topological polar surface area (TPSA) is 0 Å². The number of hydrogen-bond donors (Lipinski definition) is 0. The van der Waals surface area contributed by atoms with E-state index in [2.05, 4.69) is 0 Å². The lowest BCUT2D eigenvalue weighted by molar-refractivity contribution is 0.146. The molecule has 1 saturated heterocycles. The maximum absolute atomic E-state index is 12.5. The molecule has 0 amide bonds. The van der Waals surface area contributed by atoms with Crippen LogP contribution >= 0.6 is 11.8 Å². The van der Waals surface area contributed by atoms with Gasteiger partial charge in [-0.25, -0.2) is 4.39 Å².